The fraction of sp³-hybridized carbons (Fsp3) is 0.355. The Morgan fingerprint density at radius 3 is 2.66 bits per heavy atom. The minimum Gasteiger partial charge on any atom is -0.383 e. The Bertz CT molecular complexity index is 1740. The molecule has 6 rings (SSSR count). The number of carbonyl (C=O) groups excluding carboxylic acids is 3. The number of rotatable bonds is 10. The maximum atomic E-state index is 14.8. The van der Waals surface area contributed by atoms with E-state index in [1.54, 1.807) is 31.5 Å². The van der Waals surface area contributed by atoms with Gasteiger partial charge in [-0.05, 0) is 50.3 Å². The van der Waals surface area contributed by atoms with Crippen LogP contribution in [-0.2, 0) is 9.53 Å². The van der Waals surface area contributed by atoms with Crippen molar-refractivity contribution in [1.29, 1.82) is 0 Å². The molecule has 13 heteroatoms. The molecule has 12 nitrogen and oxygen atoms in total. The summed E-state index contributed by atoms with van der Waals surface area (Å²) >= 11 is 0. The van der Waals surface area contributed by atoms with Gasteiger partial charge in [0.05, 0.1) is 77.3 Å². The van der Waals surface area contributed by atoms with Crippen molar-refractivity contribution in [2.45, 2.75) is 32.2 Å². The average Bonchev–Trinajstić information content (AvgIpc) is 3.74. The number of hydrogen-bond acceptors (Lipinski definition) is 8. The number of carbonyl (C=O) groups is 3. The highest BCUT2D eigenvalue weighted by Gasteiger charge is 2.38. The molecule has 1 saturated heterocycles. The van der Waals surface area contributed by atoms with E-state index in [0.717, 1.165) is 13.0 Å². The van der Waals surface area contributed by atoms with Gasteiger partial charge in [0.25, 0.3) is 11.8 Å². The largest absolute Gasteiger partial charge is 0.383 e. The van der Waals surface area contributed by atoms with Crippen LogP contribution in [0, 0.1) is 18.7 Å². The number of likely N-dealkylation sites (tertiary alicyclic amines) is 1. The van der Waals surface area contributed by atoms with Gasteiger partial charge in [0.2, 0.25) is 5.91 Å². The van der Waals surface area contributed by atoms with E-state index in [1.165, 1.54) is 49.0 Å². The van der Waals surface area contributed by atoms with Crippen LogP contribution in [0.15, 0.2) is 49.1 Å². The normalized spacial score (nSPS) is 17.6. The predicted octanol–water partition coefficient (Wildman–Crippen LogP) is 3.29. The van der Waals surface area contributed by atoms with E-state index >= 15 is 0 Å². The Labute approximate surface area is 253 Å². The topological polar surface area (TPSA) is 143 Å². The van der Waals surface area contributed by atoms with Gasteiger partial charge in [-0.1, -0.05) is 6.07 Å². The number of aromatic nitrogens is 4. The van der Waals surface area contributed by atoms with Crippen LogP contribution in [0.25, 0.3) is 16.8 Å². The van der Waals surface area contributed by atoms with Crippen LogP contribution in [-0.4, -0.2) is 81.6 Å². The van der Waals surface area contributed by atoms with E-state index in [-0.39, 0.29) is 23.6 Å². The highest BCUT2D eigenvalue weighted by atomic mass is 19.1. The zero-order chi connectivity index (χ0) is 30.8. The van der Waals surface area contributed by atoms with Crippen LogP contribution in [0.2, 0.25) is 0 Å². The zero-order valence-electron chi connectivity index (χ0n) is 24.5. The second-order valence-electron chi connectivity index (χ2n) is 11.2. The van der Waals surface area contributed by atoms with Crippen molar-refractivity contribution >= 4 is 34.6 Å². The molecule has 4 aromatic rings. The molecule has 3 N–H and O–H groups in total. The molecular formula is C31H33FN8O4. The molecule has 3 aromatic heterocycles. The third-order valence-corrected chi connectivity index (χ3v) is 8.24. The van der Waals surface area contributed by atoms with Crippen molar-refractivity contribution in [2.24, 2.45) is 5.92 Å². The molecular weight excluding hydrogens is 567 g/mol. The summed E-state index contributed by atoms with van der Waals surface area (Å²) in [6.07, 6.45) is 9.63. The molecule has 44 heavy (non-hydrogen) atoms. The number of piperidine rings is 1. The molecule has 1 aliphatic heterocycles. The monoisotopic (exact) mass is 600 g/mol. The zero-order valence-corrected chi connectivity index (χ0v) is 24.5. The van der Waals surface area contributed by atoms with E-state index in [0.29, 0.717) is 59.0 Å². The van der Waals surface area contributed by atoms with Gasteiger partial charge in [-0.25, -0.2) is 8.91 Å². The first-order chi connectivity index (χ1) is 21.3. The van der Waals surface area contributed by atoms with Crippen molar-refractivity contribution in [3.05, 3.63) is 71.7 Å². The van der Waals surface area contributed by atoms with E-state index in [9.17, 15) is 18.8 Å². The minimum absolute atomic E-state index is 0.0872. The molecule has 2 bridgehead atoms. The number of methoxy groups -OCH3 is 1. The Hall–Kier alpha value is -4.75. The predicted molar refractivity (Wildman–Crippen MR) is 161 cm³/mol. The number of nitrogens with one attached hydrogen (secondary N) is 3. The van der Waals surface area contributed by atoms with Gasteiger partial charge in [0, 0.05) is 31.8 Å². The fourth-order valence-corrected chi connectivity index (χ4v) is 5.95. The van der Waals surface area contributed by atoms with Crippen molar-refractivity contribution in [3.8, 4) is 11.3 Å². The van der Waals surface area contributed by atoms with Crippen molar-refractivity contribution < 1.29 is 23.5 Å². The van der Waals surface area contributed by atoms with Crippen molar-refractivity contribution in [3.63, 3.8) is 0 Å². The lowest BCUT2D eigenvalue weighted by molar-refractivity contribution is -0.117. The van der Waals surface area contributed by atoms with Crippen LogP contribution >= 0.6 is 0 Å². The molecule has 228 valence electrons. The number of pyridine rings is 1. The van der Waals surface area contributed by atoms with Crippen LogP contribution in [0.4, 0.5) is 15.8 Å². The average molecular weight is 601 g/mol. The highest BCUT2D eigenvalue weighted by Crippen LogP contribution is 2.37. The summed E-state index contributed by atoms with van der Waals surface area (Å²) in [7, 11) is 1.51. The summed E-state index contributed by atoms with van der Waals surface area (Å²) in [4.78, 5) is 49.2. The van der Waals surface area contributed by atoms with Gasteiger partial charge in [0.1, 0.15) is 5.82 Å². The number of ether oxygens (including phenoxy) is 1. The van der Waals surface area contributed by atoms with Crippen LogP contribution < -0.4 is 16.0 Å². The number of halogens is 1. The molecule has 4 heterocycles. The summed E-state index contributed by atoms with van der Waals surface area (Å²) in [6.45, 7) is 3.66. The number of benzene rings is 1. The Morgan fingerprint density at radius 1 is 1.05 bits per heavy atom. The maximum absolute atomic E-state index is 14.8. The third-order valence-electron chi connectivity index (χ3n) is 8.24. The van der Waals surface area contributed by atoms with E-state index in [4.69, 9.17) is 4.74 Å². The Morgan fingerprint density at radius 2 is 1.91 bits per heavy atom. The first-order valence-electron chi connectivity index (χ1n) is 14.5. The summed E-state index contributed by atoms with van der Waals surface area (Å²) in [6, 6.07) is 6.40. The minimum atomic E-state index is -0.690. The maximum Gasteiger partial charge on any atom is 0.259 e. The SMILES string of the molecule is COCCNC(=O)c1ccc(-c2cn3ncc(C(=O)Nc4cc(NC(=O)CN5C[C@@H]6CC[C@H]5C6)cnc4C)c3cn2)cc1F. The van der Waals surface area contributed by atoms with Gasteiger partial charge < -0.3 is 20.7 Å². The second-order valence-corrected chi connectivity index (χ2v) is 11.2. The molecule has 1 aliphatic carbocycles. The first kappa shape index (κ1) is 29.3. The van der Waals surface area contributed by atoms with Gasteiger partial charge >= 0.3 is 0 Å². The molecule has 2 fully saturated rings. The van der Waals surface area contributed by atoms with E-state index in [2.05, 4.69) is 35.9 Å². The van der Waals surface area contributed by atoms with Gasteiger partial charge in [0.15, 0.2) is 0 Å². The van der Waals surface area contributed by atoms with E-state index < -0.39 is 17.6 Å². The van der Waals surface area contributed by atoms with E-state index in [1.807, 2.05) is 0 Å². The third kappa shape index (κ3) is 6.15. The number of anilines is 2. The number of nitrogens with zero attached hydrogens (tertiary/aromatic N) is 5. The van der Waals surface area contributed by atoms with Crippen LogP contribution in [0.5, 0.6) is 0 Å². The summed E-state index contributed by atoms with van der Waals surface area (Å²) < 4.78 is 21.1. The standard InChI is InChI=1S/C31H33FN8O4/c1-18-26(11-21(12-34-18)37-29(41)17-39-15-19-3-5-22(39)9-19)38-31(43)24-13-36-40-16-27(35-14-28(24)40)20-4-6-23(25(32)10-20)30(42)33-7-8-44-2/h4,6,10-14,16,19,22H,3,5,7-9,15,17H2,1-2H3,(H,33,42)(H,37,41)(H,38,43)/t19-,22+/m1/s1. The number of amides is 3. The number of hydrogen-bond donors (Lipinski definition) is 3. The molecule has 2 atom stereocenters. The molecule has 3 amide bonds. The Kier molecular flexibility index (Phi) is 8.31. The summed E-state index contributed by atoms with van der Waals surface area (Å²) in [5.74, 6) is -1.05. The lowest BCUT2D eigenvalue weighted by Gasteiger charge is -2.25. The van der Waals surface area contributed by atoms with Crippen LogP contribution in [0.1, 0.15) is 45.7 Å². The summed E-state index contributed by atoms with van der Waals surface area (Å²) in [5, 5.41) is 12.7. The quantitative estimate of drug-likeness (QED) is 0.236. The number of fused-ring (bicyclic) bond motifs is 3. The van der Waals surface area contributed by atoms with Crippen molar-refractivity contribution in [1.82, 2.24) is 29.8 Å². The molecule has 0 radical (unpaired) electrons. The molecule has 0 spiro atoms. The molecule has 0 unspecified atom stereocenters. The molecule has 1 saturated carbocycles. The van der Waals surface area contributed by atoms with Gasteiger partial charge in [-0.15, -0.1) is 0 Å². The summed E-state index contributed by atoms with van der Waals surface area (Å²) in [5.41, 5.74) is 3.02. The molecule has 1 aromatic carbocycles. The number of aryl methyl sites for hydroxylation is 1. The second kappa shape index (κ2) is 12.5. The van der Waals surface area contributed by atoms with Crippen molar-refractivity contribution in [2.75, 3.05) is 44.0 Å². The smallest absolute Gasteiger partial charge is 0.259 e. The van der Waals surface area contributed by atoms with Gasteiger partial charge in [-0.2, -0.15) is 5.10 Å². The fourth-order valence-electron chi connectivity index (χ4n) is 5.95. The lowest BCUT2D eigenvalue weighted by Crippen LogP contribution is -2.38. The molecule has 2 aliphatic rings. The van der Waals surface area contributed by atoms with Gasteiger partial charge in [-0.3, -0.25) is 29.3 Å². The Balaban J connectivity index is 1.13. The first-order valence-corrected chi connectivity index (χ1v) is 14.5. The highest BCUT2D eigenvalue weighted by molar-refractivity contribution is 6.09. The lowest BCUT2D eigenvalue weighted by atomic mass is 10.1. The van der Waals surface area contributed by atoms with Crippen LogP contribution in [0.3, 0.4) is 0 Å².